The van der Waals surface area contributed by atoms with E-state index in [1.165, 1.54) is 0 Å². The van der Waals surface area contributed by atoms with Crippen molar-refractivity contribution < 1.29 is 23.9 Å². The van der Waals surface area contributed by atoms with Crippen LogP contribution < -0.4 is 0 Å². The molecule has 168 valence electrons. The molecule has 1 heterocycles. The first kappa shape index (κ1) is 24.3. The second-order valence-corrected chi connectivity index (χ2v) is 7.46. The van der Waals surface area contributed by atoms with E-state index < -0.39 is 12.0 Å². The smallest absolute Gasteiger partial charge is 0.355 e. The Bertz CT molecular complexity index is 933. The topological polar surface area (TPSA) is 77.8 Å². The quantitative estimate of drug-likeness (QED) is 0.328. The number of Topliss-reactive ketones (excluding diaryl/α,β-unsaturated/α-hetero) is 1. The average molecular weight is 429 g/mol. The van der Waals surface area contributed by atoms with Crippen molar-refractivity contribution in [1.29, 1.82) is 0 Å². The fourth-order valence-corrected chi connectivity index (χ4v) is 3.78. The summed E-state index contributed by atoms with van der Waals surface area (Å²) in [5.74, 6) is -0.883. The van der Waals surface area contributed by atoms with Crippen molar-refractivity contribution in [2.45, 2.75) is 40.2 Å². The predicted octanol–water partition coefficient (Wildman–Crippen LogP) is 3.57. The van der Waals surface area contributed by atoms with Crippen LogP contribution in [0.1, 0.15) is 62.7 Å². The minimum Gasteiger partial charge on any atom is -0.461 e. The molecule has 31 heavy (non-hydrogen) atoms. The molecule has 0 N–H and O–H groups in total. The molecule has 1 aromatic heterocycles. The highest BCUT2D eigenvalue weighted by atomic mass is 16.5. The molecule has 1 unspecified atom stereocenters. The lowest BCUT2D eigenvalue weighted by atomic mass is 9.99. The SMILES string of the molecule is CCOC(=O)c1c(C)c(C(=O)C(C)N(CCCOC)C(=O)c2ccccc2)c(C)n1C. The molecule has 2 rings (SSSR count). The van der Waals surface area contributed by atoms with Gasteiger partial charge in [0.1, 0.15) is 5.69 Å². The summed E-state index contributed by atoms with van der Waals surface area (Å²) < 4.78 is 12.0. The van der Waals surface area contributed by atoms with Gasteiger partial charge in [-0.05, 0) is 51.8 Å². The van der Waals surface area contributed by atoms with Gasteiger partial charge < -0.3 is 18.9 Å². The molecule has 2 aromatic rings. The van der Waals surface area contributed by atoms with Gasteiger partial charge in [-0.3, -0.25) is 9.59 Å². The molecule has 0 saturated heterocycles. The molecule has 0 aliphatic carbocycles. The maximum absolute atomic E-state index is 13.6. The van der Waals surface area contributed by atoms with Crippen LogP contribution in [0.15, 0.2) is 30.3 Å². The third-order valence-electron chi connectivity index (χ3n) is 5.52. The second kappa shape index (κ2) is 10.9. The largest absolute Gasteiger partial charge is 0.461 e. The van der Waals surface area contributed by atoms with Crippen LogP contribution in [0.3, 0.4) is 0 Å². The van der Waals surface area contributed by atoms with Gasteiger partial charge in [-0.15, -0.1) is 0 Å². The summed E-state index contributed by atoms with van der Waals surface area (Å²) in [5, 5.41) is 0. The minimum absolute atomic E-state index is 0.206. The van der Waals surface area contributed by atoms with Gasteiger partial charge >= 0.3 is 5.97 Å². The molecule has 0 aliphatic rings. The van der Waals surface area contributed by atoms with Crippen molar-refractivity contribution in [1.82, 2.24) is 9.47 Å². The van der Waals surface area contributed by atoms with Crippen molar-refractivity contribution in [3.63, 3.8) is 0 Å². The molecule has 1 atom stereocenters. The second-order valence-electron chi connectivity index (χ2n) is 7.46. The van der Waals surface area contributed by atoms with Gasteiger partial charge in [0.25, 0.3) is 5.91 Å². The fraction of sp³-hybridized carbons (Fsp3) is 0.458. The number of amides is 1. The van der Waals surface area contributed by atoms with E-state index in [1.54, 1.807) is 75.6 Å². The normalized spacial score (nSPS) is 11.8. The van der Waals surface area contributed by atoms with E-state index in [9.17, 15) is 14.4 Å². The highest BCUT2D eigenvalue weighted by molar-refractivity contribution is 6.07. The molecule has 0 aliphatic heterocycles. The third-order valence-corrected chi connectivity index (χ3v) is 5.52. The number of ketones is 1. The molecule has 0 fully saturated rings. The molecular formula is C24H32N2O5. The number of benzene rings is 1. The standard InChI is InChI=1S/C24H32N2O5/c1-7-31-24(29)21-16(2)20(17(3)25(21)5)22(27)18(4)26(14-11-15-30-6)23(28)19-12-9-8-10-13-19/h8-10,12-13,18H,7,11,14-15H2,1-6H3. The first-order valence-corrected chi connectivity index (χ1v) is 10.5. The van der Waals surface area contributed by atoms with Crippen LogP contribution in [0.4, 0.5) is 0 Å². The van der Waals surface area contributed by atoms with Crippen LogP contribution in [0.25, 0.3) is 0 Å². The number of hydrogen-bond acceptors (Lipinski definition) is 5. The van der Waals surface area contributed by atoms with Crippen molar-refractivity contribution >= 4 is 17.7 Å². The zero-order valence-electron chi connectivity index (χ0n) is 19.2. The number of rotatable bonds is 10. The number of esters is 1. The summed E-state index contributed by atoms with van der Waals surface area (Å²) >= 11 is 0. The highest BCUT2D eigenvalue weighted by Crippen LogP contribution is 2.25. The first-order valence-electron chi connectivity index (χ1n) is 10.5. The Hall–Kier alpha value is -2.93. The summed E-state index contributed by atoms with van der Waals surface area (Å²) in [6, 6.07) is 8.20. The van der Waals surface area contributed by atoms with E-state index in [-0.39, 0.29) is 18.3 Å². The van der Waals surface area contributed by atoms with E-state index >= 15 is 0 Å². The lowest BCUT2D eigenvalue weighted by Crippen LogP contribution is -2.44. The number of carbonyl (C=O) groups is 3. The average Bonchev–Trinajstić information content (AvgIpc) is 2.99. The van der Waals surface area contributed by atoms with Gasteiger partial charge in [-0.1, -0.05) is 18.2 Å². The highest BCUT2D eigenvalue weighted by Gasteiger charge is 2.32. The van der Waals surface area contributed by atoms with Gasteiger partial charge in [0.2, 0.25) is 0 Å². The molecular weight excluding hydrogens is 396 g/mol. The van der Waals surface area contributed by atoms with Crippen molar-refractivity contribution in [3.05, 3.63) is 58.4 Å². The third kappa shape index (κ3) is 5.22. The van der Waals surface area contributed by atoms with E-state index in [0.29, 0.717) is 47.7 Å². The number of carbonyl (C=O) groups excluding carboxylic acids is 3. The zero-order chi connectivity index (χ0) is 23.1. The monoisotopic (exact) mass is 428 g/mol. The summed E-state index contributed by atoms with van der Waals surface area (Å²) in [5.41, 5.74) is 2.57. The molecule has 7 nitrogen and oxygen atoms in total. The lowest BCUT2D eigenvalue weighted by Gasteiger charge is -2.29. The first-order chi connectivity index (χ1) is 14.8. The summed E-state index contributed by atoms with van der Waals surface area (Å²) in [4.78, 5) is 40.7. The molecule has 1 amide bonds. The van der Waals surface area contributed by atoms with E-state index in [1.807, 2.05) is 6.07 Å². The van der Waals surface area contributed by atoms with Crippen LogP contribution in [-0.2, 0) is 16.5 Å². The van der Waals surface area contributed by atoms with Gasteiger partial charge in [-0.25, -0.2) is 4.79 Å². The van der Waals surface area contributed by atoms with Gasteiger partial charge in [0, 0.05) is 44.1 Å². The molecule has 0 radical (unpaired) electrons. The number of ether oxygens (including phenoxy) is 2. The Morgan fingerprint density at radius 2 is 1.77 bits per heavy atom. The lowest BCUT2D eigenvalue weighted by molar-refractivity contribution is 0.0513. The molecule has 0 bridgehead atoms. The van der Waals surface area contributed by atoms with Crippen LogP contribution in [0.5, 0.6) is 0 Å². The summed E-state index contributed by atoms with van der Waals surface area (Å²) in [7, 11) is 3.34. The Kier molecular flexibility index (Phi) is 8.56. The Balaban J connectivity index is 2.42. The van der Waals surface area contributed by atoms with Crippen LogP contribution in [0, 0.1) is 13.8 Å². The Morgan fingerprint density at radius 1 is 1.13 bits per heavy atom. The Labute approximate surface area is 183 Å². The van der Waals surface area contributed by atoms with Crippen LogP contribution in [0.2, 0.25) is 0 Å². The van der Waals surface area contributed by atoms with Gasteiger partial charge in [-0.2, -0.15) is 0 Å². The molecule has 0 saturated carbocycles. The molecule has 7 heteroatoms. The number of hydrogen-bond donors (Lipinski definition) is 0. The van der Waals surface area contributed by atoms with Crippen molar-refractivity contribution in [3.8, 4) is 0 Å². The zero-order valence-corrected chi connectivity index (χ0v) is 19.2. The van der Waals surface area contributed by atoms with Crippen LogP contribution in [-0.4, -0.2) is 60.0 Å². The summed E-state index contributed by atoms with van der Waals surface area (Å²) in [6.07, 6.45) is 0.605. The van der Waals surface area contributed by atoms with Crippen LogP contribution >= 0.6 is 0 Å². The van der Waals surface area contributed by atoms with E-state index in [2.05, 4.69) is 0 Å². The number of nitrogens with zero attached hydrogens (tertiary/aromatic N) is 2. The minimum atomic E-state index is -0.709. The van der Waals surface area contributed by atoms with E-state index in [0.717, 1.165) is 0 Å². The van der Waals surface area contributed by atoms with Gasteiger partial charge in [0.15, 0.2) is 5.78 Å². The van der Waals surface area contributed by atoms with Crippen molar-refractivity contribution in [2.24, 2.45) is 7.05 Å². The van der Waals surface area contributed by atoms with Crippen molar-refractivity contribution in [2.75, 3.05) is 26.9 Å². The maximum Gasteiger partial charge on any atom is 0.355 e. The predicted molar refractivity (Wildman–Crippen MR) is 119 cm³/mol. The molecule has 0 spiro atoms. The number of aromatic nitrogens is 1. The van der Waals surface area contributed by atoms with Gasteiger partial charge in [0.05, 0.1) is 12.6 Å². The number of methoxy groups -OCH3 is 1. The molecule has 1 aromatic carbocycles. The van der Waals surface area contributed by atoms with E-state index in [4.69, 9.17) is 9.47 Å². The summed E-state index contributed by atoms with van der Waals surface area (Å²) in [6.45, 7) is 8.12. The maximum atomic E-state index is 13.6. The fourth-order valence-electron chi connectivity index (χ4n) is 3.78. The Morgan fingerprint density at radius 3 is 2.35 bits per heavy atom.